The molecule has 0 radical (unpaired) electrons. The van der Waals surface area contributed by atoms with Crippen molar-refractivity contribution in [2.75, 3.05) is 0 Å². The van der Waals surface area contributed by atoms with E-state index in [4.69, 9.17) is 0 Å². The van der Waals surface area contributed by atoms with Crippen LogP contribution in [-0.4, -0.2) is 26.6 Å². The Labute approximate surface area is 135 Å². The first kappa shape index (κ1) is 15.3. The fraction of sp³-hybridized carbons (Fsp3) is 0.529. The lowest BCUT2D eigenvalue weighted by molar-refractivity contribution is 0.0719. The number of carbonyl (C=O) groups excluding carboxylic acids is 1. The van der Waals surface area contributed by atoms with Gasteiger partial charge in [0.05, 0.1) is 5.69 Å². The van der Waals surface area contributed by atoms with Gasteiger partial charge in [-0.1, -0.05) is 13.8 Å². The van der Waals surface area contributed by atoms with E-state index >= 15 is 0 Å². The highest BCUT2D eigenvalue weighted by molar-refractivity contribution is 7.07. The molecule has 4 nitrogen and oxygen atoms in total. The van der Waals surface area contributed by atoms with Crippen molar-refractivity contribution >= 4 is 17.2 Å². The summed E-state index contributed by atoms with van der Waals surface area (Å²) in [5.41, 5.74) is 2.93. The molecule has 118 valence electrons. The molecular weight excluding hydrogens is 294 g/mol. The molecule has 2 aromatic heterocycles. The smallest absolute Gasteiger partial charge is 0.272 e. The zero-order valence-corrected chi connectivity index (χ0v) is 14.3. The van der Waals surface area contributed by atoms with Gasteiger partial charge in [0.2, 0.25) is 0 Å². The molecule has 0 N–H and O–H groups in total. The number of rotatable bonds is 6. The van der Waals surface area contributed by atoms with Gasteiger partial charge in [0.25, 0.3) is 5.91 Å². The Bertz CT molecular complexity index is 641. The van der Waals surface area contributed by atoms with Crippen molar-refractivity contribution < 1.29 is 4.79 Å². The molecule has 2 aromatic rings. The first-order valence-corrected chi connectivity index (χ1v) is 8.84. The van der Waals surface area contributed by atoms with E-state index in [9.17, 15) is 4.79 Å². The van der Waals surface area contributed by atoms with Crippen LogP contribution < -0.4 is 0 Å². The van der Waals surface area contributed by atoms with E-state index in [-0.39, 0.29) is 5.91 Å². The highest BCUT2D eigenvalue weighted by Gasteiger charge is 2.34. The third-order valence-corrected chi connectivity index (χ3v) is 4.68. The number of aryl methyl sites for hydroxylation is 1. The number of hydrogen-bond donors (Lipinski definition) is 0. The summed E-state index contributed by atoms with van der Waals surface area (Å²) in [5.74, 6) is 0.655. The summed E-state index contributed by atoms with van der Waals surface area (Å²) in [6.07, 6.45) is 3.15. The van der Waals surface area contributed by atoms with E-state index in [0.717, 1.165) is 25.0 Å². The molecule has 1 aliphatic rings. The van der Waals surface area contributed by atoms with Gasteiger partial charge in [0, 0.05) is 19.6 Å². The Balaban J connectivity index is 1.79. The summed E-state index contributed by atoms with van der Waals surface area (Å²) in [5, 5.41) is 8.69. The minimum Gasteiger partial charge on any atom is -0.330 e. The number of hydrogen-bond acceptors (Lipinski definition) is 3. The molecule has 0 atom stereocenters. The van der Waals surface area contributed by atoms with Crippen molar-refractivity contribution in [1.82, 2.24) is 14.7 Å². The lowest BCUT2D eigenvalue weighted by Crippen LogP contribution is -2.33. The maximum absolute atomic E-state index is 12.9. The van der Waals surface area contributed by atoms with Crippen LogP contribution in [0.15, 0.2) is 22.9 Å². The van der Waals surface area contributed by atoms with E-state index in [2.05, 4.69) is 35.8 Å². The first-order valence-electron chi connectivity index (χ1n) is 7.89. The number of thiophene rings is 1. The van der Waals surface area contributed by atoms with Gasteiger partial charge in [-0.3, -0.25) is 9.48 Å². The zero-order valence-electron chi connectivity index (χ0n) is 13.5. The summed E-state index contributed by atoms with van der Waals surface area (Å²) in [4.78, 5) is 15.0. The molecule has 22 heavy (non-hydrogen) atoms. The van der Waals surface area contributed by atoms with Crippen molar-refractivity contribution in [2.24, 2.45) is 13.0 Å². The van der Waals surface area contributed by atoms with E-state index in [0.29, 0.717) is 24.2 Å². The molecule has 0 bridgehead atoms. The minimum absolute atomic E-state index is 0.110. The third-order valence-electron chi connectivity index (χ3n) is 3.95. The first-order chi connectivity index (χ1) is 10.5. The molecule has 3 rings (SSSR count). The molecule has 1 amide bonds. The van der Waals surface area contributed by atoms with Crippen LogP contribution in [0.25, 0.3) is 0 Å². The SMILES string of the molecule is CC(C)Cc1cc(C(=O)N(Cc2ccsc2)C2CC2)n(C)n1. The monoisotopic (exact) mass is 317 g/mol. The van der Waals surface area contributed by atoms with Gasteiger partial charge in [0.1, 0.15) is 5.69 Å². The van der Waals surface area contributed by atoms with Crippen LogP contribution in [0, 0.1) is 5.92 Å². The Morgan fingerprint density at radius 2 is 2.27 bits per heavy atom. The molecule has 0 unspecified atom stereocenters. The highest BCUT2D eigenvalue weighted by Crippen LogP contribution is 2.30. The Kier molecular flexibility index (Phi) is 4.34. The van der Waals surface area contributed by atoms with E-state index in [1.165, 1.54) is 5.56 Å². The molecule has 0 spiro atoms. The van der Waals surface area contributed by atoms with Crippen molar-refractivity contribution in [3.8, 4) is 0 Å². The van der Waals surface area contributed by atoms with Crippen LogP contribution in [0.5, 0.6) is 0 Å². The van der Waals surface area contributed by atoms with Crippen LogP contribution in [0.2, 0.25) is 0 Å². The van der Waals surface area contributed by atoms with Crippen molar-refractivity contribution in [3.63, 3.8) is 0 Å². The topological polar surface area (TPSA) is 38.1 Å². The van der Waals surface area contributed by atoms with Gasteiger partial charge >= 0.3 is 0 Å². The summed E-state index contributed by atoms with van der Waals surface area (Å²) in [6, 6.07) is 4.46. The molecule has 0 aliphatic heterocycles. The second-order valence-electron chi connectivity index (χ2n) is 6.54. The van der Waals surface area contributed by atoms with Crippen molar-refractivity contribution in [1.29, 1.82) is 0 Å². The number of amides is 1. The van der Waals surface area contributed by atoms with Crippen LogP contribution in [-0.2, 0) is 20.0 Å². The summed E-state index contributed by atoms with van der Waals surface area (Å²) in [7, 11) is 1.87. The van der Waals surface area contributed by atoms with Crippen LogP contribution in [0.3, 0.4) is 0 Å². The van der Waals surface area contributed by atoms with Gasteiger partial charge < -0.3 is 4.90 Å². The normalized spacial score (nSPS) is 14.5. The Morgan fingerprint density at radius 1 is 1.50 bits per heavy atom. The van der Waals surface area contributed by atoms with Crippen LogP contribution in [0.1, 0.15) is 48.4 Å². The average Bonchev–Trinajstić information content (AvgIpc) is 3.04. The molecule has 5 heteroatoms. The van der Waals surface area contributed by atoms with Crippen LogP contribution >= 0.6 is 11.3 Å². The van der Waals surface area contributed by atoms with Gasteiger partial charge in [0.15, 0.2) is 0 Å². The predicted molar refractivity (Wildman–Crippen MR) is 89.0 cm³/mol. The predicted octanol–water partition coefficient (Wildman–Crippen LogP) is 3.48. The average molecular weight is 317 g/mol. The van der Waals surface area contributed by atoms with E-state index in [1.807, 2.05) is 18.0 Å². The number of carbonyl (C=O) groups is 1. The minimum atomic E-state index is 0.110. The largest absolute Gasteiger partial charge is 0.330 e. The summed E-state index contributed by atoms with van der Waals surface area (Å²) in [6.45, 7) is 5.05. The van der Waals surface area contributed by atoms with Crippen LogP contribution in [0.4, 0.5) is 0 Å². The maximum Gasteiger partial charge on any atom is 0.272 e. The fourth-order valence-electron chi connectivity index (χ4n) is 2.72. The maximum atomic E-state index is 12.9. The molecule has 1 fully saturated rings. The van der Waals surface area contributed by atoms with Gasteiger partial charge in [-0.25, -0.2) is 0 Å². The molecule has 1 aliphatic carbocycles. The summed E-state index contributed by atoms with van der Waals surface area (Å²) >= 11 is 1.68. The van der Waals surface area contributed by atoms with Crippen molar-refractivity contribution in [2.45, 2.75) is 45.7 Å². The molecule has 0 aromatic carbocycles. The number of aromatic nitrogens is 2. The van der Waals surface area contributed by atoms with Gasteiger partial charge in [-0.2, -0.15) is 16.4 Å². The van der Waals surface area contributed by atoms with E-state index in [1.54, 1.807) is 16.0 Å². The zero-order chi connectivity index (χ0) is 15.7. The second kappa shape index (κ2) is 6.24. The lowest BCUT2D eigenvalue weighted by Gasteiger charge is -2.21. The van der Waals surface area contributed by atoms with Gasteiger partial charge in [-0.05, 0) is 53.6 Å². The molecule has 2 heterocycles. The highest BCUT2D eigenvalue weighted by atomic mass is 32.1. The van der Waals surface area contributed by atoms with Gasteiger partial charge in [-0.15, -0.1) is 0 Å². The quantitative estimate of drug-likeness (QED) is 0.818. The Hall–Kier alpha value is -1.62. The second-order valence-corrected chi connectivity index (χ2v) is 7.32. The standard InChI is InChI=1S/C17H23N3OS/c1-12(2)8-14-9-16(19(3)18-14)17(21)20(15-4-5-15)10-13-6-7-22-11-13/h6-7,9,11-12,15H,4-5,8,10H2,1-3H3. The lowest BCUT2D eigenvalue weighted by atomic mass is 10.1. The number of nitrogens with zero attached hydrogens (tertiary/aromatic N) is 3. The summed E-state index contributed by atoms with van der Waals surface area (Å²) < 4.78 is 1.74. The Morgan fingerprint density at radius 3 is 2.86 bits per heavy atom. The van der Waals surface area contributed by atoms with E-state index < -0.39 is 0 Å². The molecule has 0 saturated heterocycles. The van der Waals surface area contributed by atoms with Crippen molar-refractivity contribution in [3.05, 3.63) is 39.8 Å². The molecule has 1 saturated carbocycles. The third kappa shape index (κ3) is 3.40. The molecular formula is C17H23N3OS. The fourth-order valence-corrected chi connectivity index (χ4v) is 3.38.